The molecule has 0 radical (unpaired) electrons. The van der Waals surface area contributed by atoms with Gasteiger partial charge in [-0.3, -0.25) is 9.11 Å². The van der Waals surface area contributed by atoms with Gasteiger partial charge in [0.25, 0.3) is 10.1 Å². The molecule has 0 fully saturated rings. The molecule has 0 aliphatic heterocycles. The maximum atomic E-state index is 10.9. The first-order valence-electron chi connectivity index (χ1n) is 4.28. The first kappa shape index (κ1) is 15.1. The van der Waals surface area contributed by atoms with Gasteiger partial charge >= 0.3 is 10.3 Å². The van der Waals surface area contributed by atoms with Crippen LogP contribution in [0.2, 0.25) is 5.02 Å². The highest BCUT2D eigenvalue weighted by atomic mass is 35.5. The number of aryl methyl sites for hydroxylation is 1. The standard InChI is InChI=1S/C7H9ClN2O6S2/c1-4-2-5(17(11,12)13)3-6(8)7(4)9-10-18(14,15)16/h2-3,9-10H,1H3,(H,11,12,13)(H,14,15,16). The lowest BCUT2D eigenvalue weighted by Crippen LogP contribution is -2.29. The van der Waals surface area contributed by atoms with Gasteiger partial charge in [0.15, 0.2) is 0 Å². The first-order chi connectivity index (χ1) is 8.00. The summed E-state index contributed by atoms with van der Waals surface area (Å²) in [5.41, 5.74) is 2.39. The van der Waals surface area contributed by atoms with E-state index in [1.165, 1.54) is 6.92 Å². The highest BCUT2D eigenvalue weighted by Gasteiger charge is 2.15. The fraction of sp³-hybridized carbons (Fsp3) is 0.143. The Labute approximate surface area is 109 Å². The minimum absolute atomic E-state index is 0.0432. The van der Waals surface area contributed by atoms with E-state index in [1.807, 2.05) is 0 Å². The van der Waals surface area contributed by atoms with Crippen LogP contribution in [0.15, 0.2) is 17.0 Å². The molecule has 0 atom stereocenters. The third-order valence-electron chi connectivity index (χ3n) is 1.86. The van der Waals surface area contributed by atoms with Gasteiger partial charge in [-0.2, -0.15) is 16.8 Å². The molecule has 0 aliphatic rings. The molecular formula is C7H9ClN2O6S2. The fourth-order valence-electron chi connectivity index (χ4n) is 1.14. The normalized spacial score (nSPS) is 12.4. The molecule has 0 amide bonds. The van der Waals surface area contributed by atoms with Crippen LogP contribution in [0, 0.1) is 6.92 Å². The fourth-order valence-corrected chi connectivity index (χ4v) is 2.34. The van der Waals surface area contributed by atoms with E-state index < -0.39 is 25.3 Å². The van der Waals surface area contributed by atoms with Crippen LogP contribution < -0.4 is 10.3 Å². The molecule has 1 rings (SSSR count). The van der Waals surface area contributed by atoms with Crippen molar-refractivity contribution in [3.05, 3.63) is 22.7 Å². The summed E-state index contributed by atoms with van der Waals surface area (Å²) in [6.07, 6.45) is 0. The van der Waals surface area contributed by atoms with Crippen molar-refractivity contribution < 1.29 is 25.9 Å². The highest BCUT2D eigenvalue weighted by Crippen LogP contribution is 2.28. The van der Waals surface area contributed by atoms with Crippen LogP contribution in [-0.2, 0) is 20.4 Å². The molecule has 0 aromatic heterocycles. The van der Waals surface area contributed by atoms with E-state index >= 15 is 0 Å². The lowest BCUT2D eigenvalue weighted by molar-refractivity contribution is 0.472. The van der Waals surface area contributed by atoms with Gasteiger partial charge in [0.2, 0.25) is 0 Å². The van der Waals surface area contributed by atoms with Crippen molar-refractivity contribution in [3.8, 4) is 0 Å². The van der Waals surface area contributed by atoms with E-state index in [-0.39, 0.29) is 16.3 Å². The number of anilines is 1. The Hall–Kier alpha value is -0.910. The largest absolute Gasteiger partial charge is 0.350 e. The van der Waals surface area contributed by atoms with Crippen LogP contribution in [0.5, 0.6) is 0 Å². The molecule has 4 N–H and O–H groups in total. The van der Waals surface area contributed by atoms with Crippen molar-refractivity contribution in [1.82, 2.24) is 4.83 Å². The zero-order valence-electron chi connectivity index (χ0n) is 8.88. The molecule has 0 unspecified atom stereocenters. The Morgan fingerprint density at radius 1 is 1.17 bits per heavy atom. The van der Waals surface area contributed by atoms with Gasteiger partial charge in [-0.15, -0.1) is 4.83 Å². The number of nitrogens with one attached hydrogen (secondary N) is 2. The second kappa shape index (κ2) is 4.99. The molecule has 1 aromatic rings. The molecule has 1 aromatic carbocycles. The van der Waals surface area contributed by atoms with Crippen molar-refractivity contribution in [2.75, 3.05) is 5.43 Å². The molecule has 0 saturated heterocycles. The molecule has 0 saturated carbocycles. The molecule has 102 valence electrons. The lowest BCUT2D eigenvalue weighted by atomic mass is 10.2. The highest BCUT2D eigenvalue weighted by molar-refractivity contribution is 7.85. The van der Waals surface area contributed by atoms with Crippen molar-refractivity contribution >= 4 is 37.7 Å². The van der Waals surface area contributed by atoms with Gasteiger partial charge in [-0.25, -0.2) is 0 Å². The number of rotatable bonds is 4. The third-order valence-corrected chi connectivity index (χ3v) is 3.35. The summed E-state index contributed by atoms with van der Waals surface area (Å²) in [6, 6.07) is 2.01. The zero-order valence-corrected chi connectivity index (χ0v) is 11.3. The van der Waals surface area contributed by atoms with Crippen LogP contribution >= 0.6 is 11.6 Å². The molecule has 18 heavy (non-hydrogen) atoms. The summed E-state index contributed by atoms with van der Waals surface area (Å²) >= 11 is 5.72. The predicted octanol–water partition coefficient (Wildman–Crippen LogP) is 0.614. The Morgan fingerprint density at radius 2 is 1.72 bits per heavy atom. The Bertz CT molecular complexity index is 646. The second-order valence-corrected chi connectivity index (χ2v) is 6.26. The van der Waals surface area contributed by atoms with E-state index in [0.29, 0.717) is 0 Å². The Balaban J connectivity index is 3.18. The van der Waals surface area contributed by atoms with Gasteiger partial charge in [-0.1, -0.05) is 11.6 Å². The molecule has 0 spiro atoms. The van der Waals surface area contributed by atoms with E-state index in [1.54, 1.807) is 4.83 Å². The van der Waals surface area contributed by atoms with Crippen molar-refractivity contribution in [2.45, 2.75) is 11.8 Å². The van der Waals surface area contributed by atoms with Gasteiger partial charge in [0.1, 0.15) is 0 Å². The topological polar surface area (TPSA) is 133 Å². The number of hydrogen-bond acceptors (Lipinski definition) is 5. The maximum absolute atomic E-state index is 10.9. The molecule has 0 aliphatic carbocycles. The van der Waals surface area contributed by atoms with Crippen LogP contribution in [0.25, 0.3) is 0 Å². The average molecular weight is 317 g/mol. The average Bonchev–Trinajstić information content (AvgIpc) is 2.12. The van der Waals surface area contributed by atoms with Crippen LogP contribution in [0.3, 0.4) is 0 Å². The van der Waals surface area contributed by atoms with E-state index in [2.05, 4.69) is 5.43 Å². The molecule has 8 nitrogen and oxygen atoms in total. The van der Waals surface area contributed by atoms with E-state index in [0.717, 1.165) is 12.1 Å². The molecule has 11 heteroatoms. The molecular weight excluding hydrogens is 308 g/mol. The molecule has 0 heterocycles. The van der Waals surface area contributed by atoms with Crippen LogP contribution in [0.4, 0.5) is 5.69 Å². The van der Waals surface area contributed by atoms with Crippen molar-refractivity contribution in [1.29, 1.82) is 0 Å². The number of benzene rings is 1. The van der Waals surface area contributed by atoms with Crippen LogP contribution in [-0.4, -0.2) is 25.9 Å². The second-order valence-electron chi connectivity index (χ2n) is 3.27. The Morgan fingerprint density at radius 3 is 2.11 bits per heavy atom. The zero-order chi connectivity index (χ0) is 14.1. The van der Waals surface area contributed by atoms with Crippen molar-refractivity contribution in [2.24, 2.45) is 0 Å². The van der Waals surface area contributed by atoms with E-state index in [4.69, 9.17) is 20.7 Å². The Kier molecular flexibility index (Phi) is 4.20. The molecule has 0 bridgehead atoms. The number of halogens is 1. The smallest absolute Gasteiger partial charge is 0.305 e. The van der Waals surface area contributed by atoms with Gasteiger partial charge in [0, 0.05) is 0 Å². The third kappa shape index (κ3) is 4.08. The minimum atomic E-state index is -4.48. The predicted molar refractivity (Wildman–Crippen MR) is 64.3 cm³/mol. The van der Waals surface area contributed by atoms with Crippen molar-refractivity contribution in [3.63, 3.8) is 0 Å². The summed E-state index contributed by atoms with van der Waals surface area (Å²) in [6.45, 7) is 1.43. The summed E-state index contributed by atoms with van der Waals surface area (Å²) in [4.78, 5) is 1.13. The van der Waals surface area contributed by atoms with E-state index in [9.17, 15) is 16.8 Å². The monoisotopic (exact) mass is 316 g/mol. The minimum Gasteiger partial charge on any atom is -0.305 e. The van der Waals surface area contributed by atoms with Gasteiger partial charge in [-0.05, 0) is 24.6 Å². The maximum Gasteiger partial charge on any atom is 0.350 e. The SMILES string of the molecule is Cc1cc(S(=O)(=O)O)cc(Cl)c1NNS(=O)(=O)O. The quantitative estimate of drug-likeness (QED) is 0.472. The summed E-state index contributed by atoms with van der Waals surface area (Å²) in [7, 11) is -8.89. The number of hydrazine groups is 1. The number of hydrogen-bond donors (Lipinski definition) is 4. The lowest BCUT2D eigenvalue weighted by Gasteiger charge is -2.11. The van der Waals surface area contributed by atoms with Crippen LogP contribution in [0.1, 0.15) is 5.56 Å². The summed E-state index contributed by atoms with van der Waals surface area (Å²) < 4.78 is 60.0. The summed E-state index contributed by atoms with van der Waals surface area (Å²) in [5, 5.41) is -0.154. The van der Waals surface area contributed by atoms with Gasteiger partial charge < -0.3 is 5.43 Å². The first-order valence-corrected chi connectivity index (χ1v) is 7.54. The summed E-state index contributed by atoms with van der Waals surface area (Å²) in [5.74, 6) is 0. The van der Waals surface area contributed by atoms with Gasteiger partial charge in [0.05, 0.1) is 15.6 Å².